The third-order valence-electron chi connectivity index (χ3n) is 3.17. The normalized spacial score (nSPS) is 10.2. The van der Waals surface area contributed by atoms with Crippen molar-refractivity contribution in [2.45, 2.75) is 26.7 Å². The molecule has 0 aliphatic carbocycles. The van der Waals surface area contributed by atoms with Gasteiger partial charge in [0.2, 0.25) is 5.91 Å². The largest absolute Gasteiger partial charge is 0.493 e. The number of hydrogen-bond acceptors (Lipinski definition) is 5. The summed E-state index contributed by atoms with van der Waals surface area (Å²) in [5.74, 6) is 0.262. The van der Waals surface area contributed by atoms with E-state index in [0.717, 1.165) is 4.88 Å². The number of ether oxygens (including phenoxy) is 1. The molecule has 7 heteroatoms. The van der Waals surface area contributed by atoms with E-state index < -0.39 is 0 Å². The van der Waals surface area contributed by atoms with E-state index in [2.05, 4.69) is 15.6 Å². The number of rotatable bonds is 8. The summed E-state index contributed by atoms with van der Waals surface area (Å²) in [6.45, 7) is 4.73. The Bertz CT molecular complexity index is 700. The van der Waals surface area contributed by atoms with Gasteiger partial charge in [-0.05, 0) is 32.4 Å². The van der Waals surface area contributed by atoms with Gasteiger partial charge < -0.3 is 15.4 Å². The number of hydrogen-bond donors (Lipinski definition) is 2. The maximum Gasteiger partial charge on any atom is 0.255 e. The van der Waals surface area contributed by atoms with Crippen LogP contribution in [-0.4, -0.2) is 29.9 Å². The molecule has 0 spiro atoms. The first-order valence-electron chi connectivity index (χ1n) is 7.82. The Kier molecular flexibility index (Phi) is 6.74. The second-order valence-electron chi connectivity index (χ2n) is 5.11. The lowest BCUT2D eigenvalue weighted by molar-refractivity contribution is -0.116. The Balaban J connectivity index is 1.74. The van der Waals surface area contributed by atoms with Crippen LogP contribution in [0.15, 0.2) is 30.5 Å². The molecule has 1 aromatic carbocycles. The zero-order valence-corrected chi connectivity index (χ0v) is 14.6. The fourth-order valence-corrected chi connectivity index (χ4v) is 2.76. The van der Waals surface area contributed by atoms with E-state index in [4.69, 9.17) is 4.74 Å². The highest BCUT2D eigenvalue weighted by molar-refractivity contribution is 7.15. The zero-order valence-electron chi connectivity index (χ0n) is 13.8. The maximum atomic E-state index is 12.2. The van der Waals surface area contributed by atoms with Crippen LogP contribution < -0.4 is 15.4 Å². The van der Waals surface area contributed by atoms with Gasteiger partial charge in [-0.1, -0.05) is 12.1 Å². The predicted molar refractivity (Wildman–Crippen MR) is 94.7 cm³/mol. The Hall–Kier alpha value is -2.41. The van der Waals surface area contributed by atoms with E-state index in [1.54, 1.807) is 24.4 Å². The lowest BCUT2D eigenvalue weighted by Gasteiger charge is -2.10. The minimum atomic E-state index is -0.199. The Morgan fingerprint density at radius 1 is 1.29 bits per heavy atom. The van der Waals surface area contributed by atoms with Crippen molar-refractivity contribution in [1.82, 2.24) is 10.3 Å². The third kappa shape index (κ3) is 5.34. The van der Waals surface area contributed by atoms with Gasteiger partial charge in [0.05, 0.1) is 12.2 Å². The van der Waals surface area contributed by atoms with Gasteiger partial charge in [0.25, 0.3) is 5.91 Å². The predicted octanol–water partition coefficient (Wildman–Crippen LogP) is 3.00. The molecule has 0 radical (unpaired) electrons. The SMILES string of the molecule is CCOc1ccccc1C(=O)NCCCC(=O)Nc1ncc(C)s1. The van der Waals surface area contributed by atoms with Crippen molar-refractivity contribution >= 4 is 28.3 Å². The van der Waals surface area contributed by atoms with Crippen LogP contribution >= 0.6 is 11.3 Å². The number of anilines is 1. The molecule has 0 aliphatic heterocycles. The van der Waals surface area contributed by atoms with Gasteiger partial charge in [-0.25, -0.2) is 4.98 Å². The van der Waals surface area contributed by atoms with Gasteiger partial charge >= 0.3 is 0 Å². The summed E-state index contributed by atoms with van der Waals surface area (Å²) >= 11 is 1.44. The molecule has 0 saturated carbocycles. The average molecular weight is 347 g/mol. The topological polar surface area (TPSA) is 80.3 Å². The van der Waals surface area contributed by atoms with Crippen molar-refractivity contribution in [3.05, 3.63) is 40.9 Å². The molecule has 2 rings (SSSR count). The van der Waals surface area contributed by atoms with Crippen LogP contribution in [0.25, 0.3) is 0 Å². The molecule has 2 aromatic rings. The Morgan fingerprint density at radius 3 is 2.79 bits per heavy atom. The number of aryl methyl sites for hydroxylation is 1. The monoisotopic (exact) mass is 347 g/mol. The number of carbonyl (C=O) groups excluding carboxylic acids is 2. The number of para-hydroxylation sites is 1. The number of benzene rings is 1. The van der Waals surface area contributed by atoms with E-state index in [1.165, 1.54) is 11.3 Å². The molecule has 0 atom stereocenters. The highest BCUT2D eigenvalue weighted by atomic mass is 32.1. The number of thiazole rings is 1. The van der Waals surface area contributed by atoms with Gasteiger partial charge in [-0.2, -0.15) is 0 Å². The van der Waals surface area contributed by atoms with Crippen LogP contribution in [0.2, 0.25) is 0 Å². The van der Waals surface area contributed by atoms with Crippen molar-refractivity contribution in [2.24, 2.45) is 0 Å². The van der Waals surface area contributed by atoms with Crippen LogP contribution in [0.1, 0.15) is 35.0 Å². The molecule has 0 saturated heterocycles. The summed E-state index contributed by atoms with van der Waals surface area (Å²) in [5.41, 5.74) is 0.502. The zero-order chi connectivity index (χ0) is 17.4. The first-order chi connectivity index (χ1) is 11.6. The second kappa shape index (κ2) is 9.02. The first kappa shape index (κ1) is 17.9. The summed E-state index contributed by atoms with van der Waals surface area (Å²) in [6.07, 6.45) is 2.60. The van der Waals surface area contributed by atoms with E-state index in [0.29, 0.717) is 42.4 Å². The quantitative estimate of drug-likeness (QED) is 0.720. The van der Waals surface area contributed by atoms with Crippen LogP contribution in [0.5, 0.6) is 5.75 Å². The second-order valence-corrected chi connectivity index (χ2v) is 6.35. The van der Waals surface area contributed by atoms with Crippen molar-refractivity contribution in [3.8, 4) is 5.75 Å². The molecule has 0 bridgehead atoms. The smallest absolute Gasteiger partial charge is 0.255 e. The third-order valence-corrected chi connectivity index (χ3v) is 3.99. The molecule has 6 nitrogen and oxygen atoms in total. The highest BCUT2D eigenvalue weighted by Gasteiger charge is 2.11. The molecule has 2 N–H and O–H groups in total. The molecule has 2 amide bonds. The molecule has 0 fully saturated rings. The maximum absolute atomic E-state index is 12.2. The first-order valence-corrected chi connectivity index (χ1v) is 8.64. The van der Waals surface area contributed by atoms with E-state index in [9.17, 15) is 9.59 Å². The molecule has 128 valence electrons. The van der Waals surface area contributed by atoms with Crippen molar-refractivity contribution in [1.29, 1.82) is 0 Å². The van der Waals surface area contributed by atoms with Crippen LogP contribution in [-0.2, 0) is 4.79 Å². The van der Waals surface area contributed by atoms with Gasteiger partial charge in [0.1, 0.15) is 5.75 Å². The van der Waals surface area contributed by atoms with Crippen LogP contribution in [0.4, 0.5) is 5.13 Å². The molecule has 24 heavy (non-hydrogen) atoms. The van der Waals surface area contributed by atoms with Crippen LogP contribution in [0.3, 0.4) is 0 Å². The fourth-order valence-electron chi connectivity index (χ4n) is 2.08. The molecule has 0 aliphatic rings. The summed E-state index contributed by atoms with van der Waals surface area (Å²) in [7, 11) is 0. The number of carbonyl (C=O) groups is 2. The van der Waals surface area contributed by atoms with Crippen LogP contribution in [0, 0.1) is 6.92 Å². The van der Waals surface area contributed by atoms with Crippen molar-refractivity contribution < 1.29 is 14.3 Å². The molecular weight excluding hydrogens is 326 g/mol. The van der Waals surface area contributed by atoms with E-state index in [1.807, 2.05) is 19.9 Å². The lowest BCUT2D eigenvalue weighted by Crippen LogP contribution is -2.26. The Labute approximate surface area is 145 Å². The number of nitrogens with one attached hydrogen (secondary N) is 2. The molecule has 0 unspecified atom stereocenters. The van der Waals surface area contributed by atoms with Gasteiger partial charge in [-0.15, -0.1) is 11.3 Å². The summed E-state index contributed by atoms with van der Waals surface area (Å²) in [5, 5.41) is 6.16. The number of aromatic nitrogens is 1. The summed E-state index contributed by atoms with van der Waals surface area (Å²) in [4.78, 5) is 29.1. The van der Waals surface area contributed by atoms with E-state index >= 15 is 0 Å². The molecule has 1 heterocycles. The summed E-state index contributed by atoms with van der Waals surface area (Å²) in [6, 6.07) is 7.10. The minimum Gasteiger partial charge on any atom is -0.493 e. The molecular formula is C17H21N3O3S. The minimum absolute atomic E-state index is 0.103. The number of amides is 2. The van der Waals surface area contributed by atoms with Gasteiger partial charge in [-0.3, -0.25) is 9.59 Å². The lowest BCUT2D eigenvalue weighted by atomic mass is 10.2. The molecule has 1 aromatic heterocycles. The van der Waals surface area contributed by atoms with Gasteiger partial charge in [0.15, 0.2) is 5.13 Å². The number of nitrogens with zero attached hydrogens (tertiary/aromatic N) is 1. The van der Waals surface area contributed by atoms with E-state index in [-0.39, 0.29) is 11.8 Å². The Morgan fingerprint density at radius 2 is 2.08 bits per heavy atom. The van der Waals surface area contributed by atoms with Crippen molar-refractivity contribution in [2.75, 3.05) is 18.5 Å². The van der Waals surface area contributed by atoms with Gasteiger partial charge in [0, 0.05) is 24.0 Å². The van der Waals surface area contributed by atoms with Crippen molar-refractivity contribution in [3.63, 3.8) is 0 Å². The summed E-state index contributed by atoms with van der Waals surface area (Å²) < 4.78 is 5.44. The standard InChI is InChI=1S/C17H21N3O3S/c1-3-23-14-8-5-4-7-13(14)16(22)18-10-6-9-15(21)20-17-19-11-12(2)24-17/h4-5,7-8,11H,3,6,9-10H2,1-2H3,(H,18,22)(H,19,20,21). The average Bonchev–Trinajstić information content (AvgIpc) is 2.97. The fraction of sp³-hybridized carbons (Fsp3) is 0.353. The highest BCUT2D eigenvalue weighted by Crippen LogP contribution is 2.18.